The molecule has 1 N–H and O–H groups in total. The highest BCUT2D eigenvalue weighted by atomic mass is 14.8. The molecule has 0 heterocycles. The van der Waals surface area contributed by atoms with Crippen LogP contribution in [0.3, 0.4) is 0 Å². The van der Waals surface area contributed by atoms with Crippen molar-refractivity contribution >= 4 is 0 Å². The van der Waals surface area contributed by atoms with Crippen LogP contribution in [0.4, 0.5) is 0 Å². The fourth-order valence-electron chi connectivity index (χ4n) is 1.17. The average Bonchev–Trinajstić information content (AvgIpc) is 2.15. The van der Waals surface area contributed by atoms with E-state index >= 15 is 0 Å². The number of nitrogens with one attached hydrogen (secondary N) is 1. The molecule has 0 aromatic heterocycles. The van der Waals surface area contributed by atoms with E-state index in [9.17, 15) is 0 Å². The molecule has 0 amide bonds. The molecule has 80 valence electrons. The predicted molar refractivity (Wildman–Crippen MR) is 65.4 cm³/mol. The van der Waals surface area contributed by atoms with Crippen molar-refractivity contribution in [3.05, 3.63) is 37.0 Å². The second-order valence-corrected chi connectivity index (χ2v) is 4.27. The van der Waals surface area contributed by atoms with Gasteiger partial charge in [-0.2, -0.15) is 0 Å². The van der Waals surface area contributed by atoms with Crippen LogP contribution < -0.4 is 5.32 Å². The maximum absolute atomic E-state index is 3.62. The van der Waals surface area contributed by atoms with E-state index in [0.717, 1.165) is 13.0 Å². The van der Waals surface area contributed by atoms with Crippen molar-refractivity contribution in [1.82, 2.24) is 5.32 Å². The summed E-state index contributed by atoms with van der Waals surface area (Å²) in [6, 6.07) is 0. The first kappa shape index (κ1) is 13.2. The van der Waals surface area contributed by atoms with Crippen molar-refractivity contribution in [2.45, 2.75) is 26.7 Å². The Morgan fingerprint density at radius 1 is 1.21 bits per heavy atom. The van der Waals surface area contributed by atoms with Gasteiger partial charge in [-0.15, -0.1) is 0 Å². The third-order valence-corrected chi connectivity index (χ3v) is 2.22. The average molecular weight is 193 g/mol. The normalized spacial score (nSPS) is 12.8. The topological polar surface area (TPSA) is 12.0 Å². The molecule has 0 rings (SSSR count). The van der Waals surface area contributed by atoms with Gasteiger partial charge in [-0.05, 0) is 31.8 Å². The van der Waals surface area contributed by atoms with Gasteiger partial charge in [0, 0.05) is 0 Å². The lowest BCUT2D eigenvalue weighted by Gasteiger charge is -2.22. The molecule has 0 aliphatic rings. The van der Waals surface area contributed by atoms with Gasteiger partial charge in [0.15, 0.2) is 0 Å². The van der Waals surface area contributed by atoms with E-state index in [1.807, 2.05) is 19.2 Å². The zero-order chi connectivity index (χ0) is 10.9. The highest BCUT2D eigenvalue weighted by Gasteiger charge is 2.14. The summed E-state index contributed by atoms with van der Waals surface area (Å²) in [4.78, 5) is 0. The highest BCUT2D eigenvalue weighted by Crippen LogP contribution is 2.24. The standard InChI is InChI=1S/C13H23N/c1-5-6-7-8-9-10-13(2,3)11-12-14-4/h5-9,14H,1,10-12H2,2-4H3/b7-6+,9-8+. The fraction of sp³-hybridized carbons (Fsp3) is 0.538. The summed E-state index contributed by atoms with van der Waals surface area (Å²) in [6.45, 7) is 9.30. The first-order valence-corrected chi connectivity index (χ1v) is 5.21. The Hall–Kier alpha value is -0.820. The summed E-state index contributed by atoms with van der Waals surface area (Å²) in [5.74, 6) is 0. The van der Waals surface area contributed by atoms with Crippen molar-refractivity contribution in [3.8, 4) is 0 Å². The van der Waals surface area contributed by atoms with Crippen molar-refractivity contribution < 1.29 is 0 Å². The van der Waals surface area contributed by atoms with Gasteiger partial charge in [0.2, 0.25) is 0 Å². The molecule has 1 nitrogen and oxygen atoms in total. The molecule has 1 heteroatoms. The summed E-state index contributed by atoms with van der Waals surface area (Å²) < 4.78 is 0. The largest absolute Gasteiger partial charge is 0.320 e. The van der Waals surface area contributed by atoms with E-state index in [-0.39, 0.29) is 0 Å². The number of allylic oxidation sites excluding steroid dienone is 5. The maximum atomic E-state index is 3.62. The van der Waals surface area contributed by atoms with Gasteiger partial charge in [-0.25, -0.2) is 0 Å². The van der Waals surface area contributed by atoms with Crippen LogP contribution in [0, 0.1) is 5.41 Å². The number of rotatable bonds is 7. The minimum Gasteiger partial charge on any atom is -0.320 e. The summed E-state index contributed by atoms with van der Waals surface area (Å²) in [6.07, 6.45) is 12.4. The molecule has 0 spiro atoms. The molecule has 0 saturated carbocycles. The molecule has 0 aliphatic heterocycles. The van der Waals surface area contributed by atoms with Crippen molar-refractivity contribution in [1.29, 1.82) is 0 Å². The molecule has 0 bridgehead atoms. The Morgan fingerprint density at radius 3 is 2.50 bits per heavy atom. The third-order valence-electron chi connectivity index (χ3n) is 2.22. The Labute approximate surface area is 88.6 Å². The van der Waals surface area contributed by atoms with Gasteiger partial charge >= 0.3 is 0 Å². The van der Waals surface area contributed by atoms with Crippen LogP contribution in [-0.2, 0) is 0 Å². The predicted octanol–water partition coefficient (Wildman–Crippen LogP) is 3.31. The second kappa shape index (κ2) is 7.57. The molecule has 0 aromatic rings. The lowest BCUT2D eigenvalue weighted by molar-refractivity contribution is 0.336. The Kier molecular flexibility index (Phi) is 7.13. The summed E-state index contributed by atoms with van der Waals surface area (Å²) in [7, 11) is 2.00. The molecule has 0 atom stereocenters. The molecule has 0 aliphatic carbocycles. The Balaban J connectivity index is 3.79. The van der Waals surface area contributed by atoms with Crippen LogP contribution in [0.25, 0.3) is 0 Å². The SMILES string of the molecule is C=C/C=C/C=C/CC(C)(C)CCNC. The molecular weight excluding hydrogens is 170 g/mol. The van der Waals surface area contributed by atoms with Crippen LogP contribution in [0.1, 0.15) is 26.7 Å². The van der Waals surface area contributed by atoms with Crippen LogP contribution in [0.5, 0.6) is 0 Å². The first-order valence-electron chi connectivity index (χ1n) is 5.21. The number of hydrogen-bond donors (Lipinski definition) is 1. The van der Waals surface area contributed by atoms with Crippen molar-refractivity contribution in [2.24, 2.45) is 5.41 Å². The van der Waals surface area contributed by atoms with E-state index in [0.29, 0.717) is 5.41 Å². The minimum atomic E-state index is 0.390. The fourth-order valence-corrected chi connectivity index (χ4v) is 1.17. The van der Waals surface area contributed by atoms with Gasteiger partial charge in [0.25, 0.3) is 0 Å². The summed E-state index contributed by atoms with van der Waals surface area (Å²) >= 11 is 0. The van der Waals surface area contributed by atoms with Crippen LogP contribution in [0.2, 0.25) is 0 Å². The second-order valence-electron chi connectivity index (χ2n) is 4.27. The zero-order valence-corrected chi connectivity index (χ0v) is 9.72. The van der Waals surface area contributed by atoms with Gasteiger partial charge in [0.1, 0.15) is 0 Å². The third kappa shape index (κ3) is 7.81. The maximum Gasteiger partial charge on any atom is -0.00467 e. The van der Waals surface area contributed by atoms with E-state index < -0.39 is 0 Å². The minimum absolute atomic E-state index is 0.390. The monoisotopic (exact) mass is 193 g/mol. The van der Waals surface area contributed by atoms with E-state index in [1.54, 1.807) is 6.08 Å². The van der Waals surface area contributed by atoms with Crippen LogP contribution in [0.15, 0.2) is 37.0 Å². The van der Waals surface area contributed by atoms with Crippen LogP contribution in [-0.4, -0.2) is 13.6 Å². The lowest BCUT2D eigenvalue weighted by atomic mass is 9.85. The lowest BCUT2D eigenvalue weighted by Crippen LogP contribution is -2.18. The summed E-state index contributed by atoms with van der Waals surface area (Å²) in [5.41, 5.74) is 0.390. The van der Waals surface area contributed by atoms with Gasteiger partial charge in [-0.3, -0.25) is 0 Å². The smallest absolute Gasteiger partial charge is 0.00467 e. The van der Waals surface area contributed by atoms with Crippen molar-refractivity contribution in [2.75, 3.05) is 13.6 Å². The molecular formula is C13H23N. The number of hydrogen-bond acceptors (Lipinski definition) is 1. The van der Waals surface area contributed by atoms with E-state index in [2.05, 4.69) is 37.9 Å². The van der Waals surface area contributed by atoms with Gasteiger partial charge < -0.3 is 5.32 Å². The molecule has 14 heavy (non-hydrogen) atoms. The molecule has 0 saturated heterocycles. The van der Waals surface area contributed by atoms with Crippen molar-refractivity contribution in [3.63, 3.8) is 0 Å². The quantitative estimate of drug-likeness (QED) is 0.612. The van der Waals surface area contributed by atoms with E-state index in [4.69, 9.17) is 0 Å². The zero-order valence-electron chi connectivity index (χ0n) is 9.72. The van der Waals surface area contributed by atoms with E-state index in [1.165, 1.54) is 6.42 Å². The molecule has 0 fully saturated rings. The molecule has 0 aromatic carbocycles. The van der Waals surface area contributed by atoms with Crippen LogP contribution >= 0.6 is 0 Å². The summed E-state index contributed by atoms with van der Waals surface area (Å²) in [5, 5.41) is 3.18. The molecule has 0 unspecified atom stereocenters. The first-order chi connectivity index (χ1) is 6.62. The Bertz CT molecular complexity index is 199. The van der Waals surface area contributed by atoms with Gasteiger partial charge in [-0.1, -0.05) is 50.8 Å². The highest BCUT2D eigenvalue weighted by molar-refractivity contribution is 5.09. The van der Waals surface area contributed by atoms with Gasteiger partial charge in [0.05, 0.1) is 0 Å². The molecule has 0 radical (unpaired) electrons. The Morgan fingerprint density at radius 2 is 1.93 bits per heavy atom.